The Morgan fingerprint density at radius 1 is 0.796 bits per heavy atom. The third-order valence-electron chi connectivity index (χ3n) is 10.6. The molecule has 3 heterocycles. The first-order valence-electron chi connectivity index (χ1n) is 17.1. The van der Waals surface area contributed by atoms with E-state index < -0.39 is 64.4 Å². The van der Waals surface area contributed by atoms with E-state index >= 15 is 4.79 Å². The van der Waals surface area contributed by atoms with Crippen LogP contribution in [0.15, 0.2) is 133 Å². The zero-order valence-corrected chi connectivity index (χ0v) is 28.4. The number of ether oxygens (including phenoxy) is 2. The normalized spacial score (nSPS) is 24.4. The standard InChI is InChI=1S/C41H32N4O9/c42-37(47)32-34-38(48)54-35(26-11-5-2-6-12-26)33(25-9-3-1-4-10-25)44(34)36(27-17-21-29(46)22-18-27)41(32)30-13-7-8-14-31(30)43(39(41)49)40(50)53-23-24-15-19-28(20-16-24)45(51)52/h1-22,32-36,46H,23H2,(H2,42,47)/t32-,33-,34-,35+,36+,41-/m0/s1. The van der Waals surface area contributed by atoms with Crippen LogP contribution in [0.3, 0.4) is 0 Å². The quantitative estimate of drug-likeness (QED) is 0.118. The van der Waals surface area contributed by atoms with Gasteiger partial charge >= 0.3 is 12.1 Å². The van der Waals surface area contributed by atoms with Gasteiger partial charge in [0.1, 0.15) is 29.9 Å². The number of non-ortho nitro benzene ring substituents is 1. The molecule has 13 heteroatoms. The van der Waals surface area contributed by atoms with E-state index in [1.54, 1.807) is 36.4 Å². The molecular formula is C41H32N4O9. The van der Waals surface area contributed by atoms with Crippen LogP contribution < -0.4 is 10.6 Å². The number of aromatic hydroxyl groups is 1. The number of fused-ring (bicyclic) bond motifs is 3. The number of carbonyl (C=O) groups excluding carboxylic acids is 4. The van der Waals surface area contributed by atoms with Gasteiger partial charge in [-0.15, -0.1) is 0 Å². The van der Waals surface area contributed by atoms with Gasteiger partial charge in [0.05, 0.1) is 28.6 Å². The van der Waals surface area contributed by atoms with Gasteiger partial charge < -0.3 is 20.3 Å². The average Bonchev–Trinajstić information content (AvgIpc) is 3.65. The van der Waals surface area contributed by atoms with E-state index in [2.05, 4.69) is 0 Å². The van der Waals surface area contributed by atoms with E-state index in [0.29, 0.717) is 16.7 Å². The lowest BCUT2D eigenvalue weighted by atomic mass is 9.65. The number of esters is 1. The van der Waals surface area contributed by atoms with Crippen molar-refractivity contribution in [2.24, 2.45) is 11.7 Å². The van der Waals surface area contributed by atoms with Gasteiger partial charge in [-0.2, -0.15) is 0 Å². The summed E-state index contributed by atoms with van der Waals surface area (Å²) in [6.45, 7) is -0.327. The maximum atomic E-state index is 15.5. The Bertz CT molecular complexity index is 2290. The smallest absolute Gasteiger partial charge is 0.421 e. The molecule has 0 unspecified atom stereocenters. The topological polar surface area (TPSA) is 183 Å². The van der Waals surface area contributed by atoms with Crippen LogP contribution >= 0.6 is 0 Å². The van der Waals surface area contributed by atoms with Gasteiger partial charge in [0.2, 0.25) is 11.8 Å². The minimum absolute atomic E-state index is 0.0526. The van der Waals surface area contributed by atoms with E-state index in [9.17, 15) is 29.6 Å². The third kappa shape index (κ3) is 5.27. The molecule has 3 amide bonds. The summed E-state index contributed by atoms with van der Waals surface area (Å²) in [5, 5.41) is 21.5. The highest BCUT2D eigenvalue weighted by Crippen LogP contribution is 2.65. The van der Waals surface area contributed by atoms with Crippen molar-refractivity contribution in [3.8, 4) is 5.75 Å². The second kappa shape index (κ2) is 13.3. The Kier molecular flexibility index (Phi) is 8.42. The predicted octanol–water partition coefficient (Wildman–Crippen LogP) is 5.79. The van der Waals surface area contributed by atoms with Crippen LogP contribution in [0.5, 0.6) is 5.75 Å². The molecule has 5 aromatic carbocycles. The lowest BCUT2D eigenvalue weighted by Gasteiger charge is -2.46. The first-order chi connectivity index (χ1) is 26.1. The minimum Gasteiger partial charge on any atom is -0.508 e. The second-order valence-electron chi connectivity index (χ2n) is 13.4. The maximum Gasteiger partial charge on any atom is 0.421 e. The summed E-state index contributed by atoms with van der Waals surface area (Å²) in [5.74, 6) is -4.18. The van der Waals surface area contributed by atoms with E-state index in [1.165, 1.54) is 36.4 Å². The number of para-hydroxylation sites is 1. The van der Waals surface area contributed by atoms with Crippen LogP contribution in [0, 0.1) is 16.0 Å². The van der Waals surface area contributed by atoms with Crippen LogP contribution in [-0.4, -0.2) is 44.8 Å². The summed E-state index contributed by atoms with van der Waals surface area (Å²) < 4.78 is 11.9. The number of cyclic esters (lactones) is 1. The molecule has 2 fully saturated rings. The van der Waals surface area contributed by atoms with Gasteiger partial charge in [0.15, 0.2) is 0 Å². The van der Waals surface area contributed by atoms with Crippen molar-refractivity contribution in [2.75, 3.05) is 4.90 Å². The summed E-state index contributed by atoms with van der Waals surface area (Å²) in [5.41, 5.74) is 6.86. The zero-order chi connectivity index (χ0) is 37.7. The zero-order valence-electron chi connectivity index (χ0n) is 28.4. The lowest BCUT2D eigenvalue weighted by molar-refractivity contribution is -0.384. The number of hydrogen-bond donors (Lipinski definition) is 2. The molecule has 13 nitrogen and oxygen atoms in total. The molecular weight excluding hydrogens is 692 g/mol. The Balaban J connectivity index is 1.32. The number of primary amides is 1. The molecule has 0 radical (unpaired) electrons. The fourth-order valence-electron chi connectivity index (χ4n) is 8.45. The number of nitro groups is 1. The Morgan fingerprint density at radius 3 is 2.04 bits per heavy atom. The molecule has 0 aliphatic carbocycles. The lowest BCUT2D eigenvalue weighted by Crippen LogP contribution is -2.55. The van der Waals surface area contributed by atoms with E-state index in [-0.39, 0.29) is 29.3 Å². The SMILES string of the molecule is NC(=O)[C@@H]1[C@H]2C(=O)O[C@H](c3ccccc3)[C@H](c3ccccc3)N2[C@H](c2ccc(O)cc2)[C@@]12C(=O)N(C(=O)OCc1ccc([N+](=O)[O-])cc1)c1ccccc12. The number of imide groups is 1. The number of carbonyl (C=O) groups is 4. The highest BCUT2D eigenvalue weighted by atomic mass is 16.6. The molecule has 54 heavy (non-hydrogen) atoms. The minimum atomic E-state index is -1.98. The number of nitrogens with two attached hydrogens (primary N) is 1. The van der Waals surface area contributed by atoms with Crippen LogP contribution in [0.4, 0.5) is 16.2 Å². The Hall–Kier alpha value is -6.86. The maximum absolute atomic E-state index is 15.5. The molecule has 0 saturated carbocycles. The molecule has 0 bridgehead atoms. The molecule has 3 N–H and O–H groups in total. The van der Waals surface area contributed by atoms with Gasteiger partial charge in [-0.1, -0.05) is 91.0 Å². The number of nitrogens with zero attached hydrogens (tertiary/aromatic N) is 3. The van der Waals surface area contributed by atoms with Crippen LogP contribution in [0.2, 0.25) is 0 Å². The molecule has 3 aliphatic rings. The van der Waals surface area contributed by atoms with Gasteiger partial charge in [0.25, 0.3) is 5.69 Å². The van der Waals surface area contributed by atoms with Crippen molar-refractivity contribution >= 4 is 35.3 Å². The van der Waals surface area contributed by atoms with Crippen molar-refractivity contribution in [3.05, 3.63) is 171 Å². The van der Waals surface area contributed by atoms with Crippen molar-refractivity contribution in [3.63, 3.8) is 0 Å². The molecule has 5 aromatic rings. The first-order valence-corrected chi connectivity index (χ1v) is 17.1. The number of phenols is 1. The molecule has 6 atom stereocenters. The van der Waals surface area contributed by atoms with Crippen molar-refractivity contribution in [1.29, 1.82) is 0 Å². The van der Waals surface area contributed by atoms with Crippen molar-refractivity contribution in [1.82, 2.24) is 4.90 Å². The number of benzene rings is 5. The third-order valence-corrected chi connectivity index (χ3v) is 10.6. The fraction of sp³-hybridized carbons (Fsp3) is 0.171. The van der Waals surface area contributed by atoms with Gasteiger partial charge in [-0.05, 0) is 58.1 Å². The average molecular weight is 725 g/mol. The number of phenolic OH excluding ortho intramolecular Hbond substituents is 1. The highest BCUT2D eigenvalue weighted by molar-refractivity contribution is 6.23. The summed E-state index contributed by atoms with van der Waals surface area (Å²) >= 11 is 0. The van der Waals surface area contributed by atoms with Gasteiger partial charge in [0, 0.05) is 12.1 Å². The van der Waals surface area contributed by atoms with Crippen molar-refractivity contribution in [2.45, 2.75) is 36.3 Å². The van der Waals surface area contributed by atoms with Crippen LogP contribution in [-0.2, 0) is 35.9 Å². The number of anilines is 1. The van der Waals surface area contributed by atoms with E-state index in [0.717, 1.165) is 10.5 Å². The van der Waals surface area contributed by atoms with Crippen LogP contribution in [0.25, 0.3) is 0 Å². The summed E-state index contributed by atoms with van der Waals surface area (Å²) in [4.78, 5) is 71.4. The number of rotatable bonds is 7. The molecule has 270 valence electrons. The van der Waals surface area contributed by atoms with Gasteiger partial charge in [-0.25, -0.2) is 9.69 Å². The van der Waals surface area contributed by atoms with E-state index in [1.807, 2.05) is 65.6 Å². The highest BCUT2D eigenvalue weighted by Gasteiger charge is 2.75. The summed E-state index contributed by atoms with van der Waals surface area (Å²) in [6, 6.07) is 33.2. The number of hydrogen-bond acceptors (Lipinski definition) is 10. The summed E-state index contributed by atoms with van der Waals surface area (Å²) in [7, 11) is 0. The summed E-state index contributed by atoms with van der Waals surface area (Å²) in [6.07, 6.45) is -1.96. The van der Waals surface area contributed by atoms with Gasteiger partial charge in [-0.3, -0.25) is 29.4 Å². The number of nitro benzene ring substituents is 1. The Morgan fingerprint density at radius 2 is 1.41 bits per heavy atom. The Labute approximate surface area is 308 Å². The van der Waals surface area contributed by atoms with Crippen molar-refractivity contribution < 1.29 is 38.7 Å². The number of amides is 3. The molecule has 2 saturated heterocycles. The largest absolute Gasteiger partial charge is 0.508 e. The fourth-order valence-corrected chi connectivity index (χ4v) is 8.45. The van der Waals surface area contributed by atoms with E-state index in [4.69, 9.17) is 15.2 Å². The predicted molar refractivity (Wildman–Crippen MR) is 193 cm³/mol. The second-order valence-corrected chi connectivity index (χ2v) is 13.4. The molecule has 1 spiro atoms. The molecule has 3 aliphatic heterocycles. The number of morpholine rings is 1. The molecule has 8 rings (SSSR count). The monoisotopic (exact) mass is 724 g/mol. The first kappa shape index (κ1) is 34.2. The van der Waals surface area contributed by atoms with Crippen LogP contribution in [0.1, 0.15) is 46.0 Å². The molecule has 0 aromatic heterocycles.